The minimum Gasteiger partial charge on any atom is -0.455 e. The first kappa shape index (κ1) is 43.2. The number of nitrogens with zero attached hydrogens (tertiary/aromatic N) is 4. The summed E-state index contributed by atoms with van der Waals surface area (Å²) in [5.74, 6) is -0.230. The Labute approximate surface area is 366 Å². The number of ether oxygens (including phenoxy) is 2. The molecule has 2 fully saturated rings. The van der Waals surface area contributed by atoms with E-state index in [4.69, 9.17) is 21.1 Å². The van der Waals surface area contributed by atoms with Gasteiger partial charge in [-0.1, -0.05) is 43.2 Å². The molecule has 2 saturated heterocycles. The summed E-state index contributed by atoms with van der Waals surface area (Å²) >= 11 is 6.24. The number of aromatic nitrogens is 2. The summed E-state index contributed by atoms with van der Waals surface area (Å²) in [5, 5.41) is 16.9. The van der Waals surface area contributed by atoms with Crippen LogP contribution >= 0.6 is 11.6 Å². The highest BCUT2D eigenvalue weighted by molar-refractivity contribution is 7.90. The molecule has 2 aromatic heterocycles. The summed E-state index contributed by atoms with van der Waals surface area (Å²) in [6.45, 7) is 11.8. The van der Waals surface area contributed by atoms with Crippen LogP contribution in [-0.2, 0) is 14.8 Å². The first-order valence-corrected chi connectivity index (χ1v) is 23.0. The lowest BCUT2D eigenvalue weighted by molar-refractivity contribution is -0.384. The Hall–Kier alpha value is -5.48. The molecule has 1 atom stereocenters. The van der Waals surface area contributed by atoms with Crippen molar-refractivity contribution in [2.45, 2.75) is 63.8 Å². The monoisotopic (exact) mass is 881 g/mol. The molecule has 5 aromatic rings. The second-order valence-corrected chi connectivity index (χ2v) is 19.4. The molecule has 0 unspecified atom stereocenters. The number of nitro groups is 1. The van der Waals surface area contributed by atoms with Crippen LogP contribution in [0.2, 0.25) is 5.02 Å². The molecule has 0 spiro atoms. The molecule has 326 valence electrons. The van der Waals surface area contributed by atoms with Crippen LogP contribution in [0.25, 0.3) is 16.6 Å². The van der Waals surface area contributed by atoms with Gasteiger partial charge in [-0.3, -0.25) is 19.8 Å². The topological polar surface area (TPSA) is 172 Å². The van der Waals surface area contributed by atoms with Gasteiger partial charge in [0.1, 0.15) is 22.8 Å². The van der Waals surface area contributed by atoms with Crippen molar-refractivity contribution in [1.82, 2.24) is 19.6 Å². The van der Waals surface area contributed by atoms with Gasteiger partial charge in [-0.05, 0) is 110 Å². The molecule has 8 rings (SSSR count). The van der Waals surface area contributed by atoms with Crippen LogP contribution in [0.15, 0.2) is 95.7 Å². The van der Waals surface area contributed by atoms with Crippen LogP contribution in [0.3, 0.4) is 0 Å². The fourth-order valence-electron chi connectivity index (χ4n) is 8.75. The number of amides is 1. The second-order valence-electron chi connectivity index (χ2n) is 17.3. The largest absolute Gasteiger partial charge is 0.455 e. The first-order valence-electron chi connectivity index (χ1n) is 21.1. The maximum absolute atomic E-state index is 13.9. The Kier molecular flexibility index (Phi) is 12.6. The summed E-state index contributed by atoms with van der Waals surface area (Å²) in [7, 11) is -4.57. The first-order chi connectivity index (χ1) is 29.7. The van der Waals surface area contributed by atoms with Crippen LogP contribution in [-0.4, -0.2) is 86.1 Å². The maximum atomic E-state index is 13.9. The number of fused-ring (bicyclic) bond motifs is 1. The quantitative estimate of drug-likeness (QED) is 0.0761. The third-order valence-electron chi connectivity index (χ3n) is 12.4. The number of aromatic amines is 1. The number of anilines is 2. The Morgan fingerprint density at radius 1 is 1.05 bits per heavy atom. The number of allylic oxidation sites excluding steroid dienone is 1. The molecule has 3 aromatic carbocycles. The minimum absolute atomic E-state index is 0.0370. The third kappa shape index (κ3) is 9.91. The van der Waals surface area contributed by atoms with Gasteiger partial charge >= 0.3 is 0 Å². The van der Waals surface area contributed by atoms with E-state index in [1.54, 1.807) is 30.5 Å². The predicted octanol–water partition coefficient (Wildman–Crippen LogP) is 9.05. The summed E-state index contributed by atoms with van der Waals surface area (Å²) in [5.41, 5.74) is 5.54. The van der Waals surface area contributed by atoms with Gasteiger partial charge in [0.2, 0.25) is 0 Å². The molecule has 4 heterocycles. The lowest BCUT2D eigenvalue weighted by Crippen LogP contribution is -2.47. The van der Waals surface area contributed by atoms with Crippen LogP contribution in [0.1, 0.15) is 68.8 Å². The number of carbonyl (C=O) groups excluding carboxylic acids is 1. The minimum atomic E-state index is -4.57. The van der Waals surface area contributed by atoms with Gasteiger partial charge in [-0.25, -0.2) is 18.1 Å². The number of carbonyl (C=O) groups is 1. The molecule has 2 aliphatic heterocycles. The van der Waals surface area contributed by atoms with Crippen LogP contribution in [0.5, 0.6) is 11.5 Å². The SMILES string of the molecule is C[C@H](Nc1ccc(S(=O)(=O)NC(=O)c2ccc(N3CCN(CC4=C(c5ccc(Cl)cc5)CC(C)(C)CC4)CC3)cc2Oc2cnc3[nH]ccc3c2)cc1[N+](=O)[O-])C1CCOCC1. The van der Waals surface area contributed by atoms with Gasteiger partial charge in [0, 0.05) is 86.4 Å². The third-order valence-corrected chi connectivity index (χ3v) is 14.0. The summed E-state index contributed by atoms with van der Waals surface area (Å²) in [4.78, 5) is 37.3. The number of H-pyrrole nitrogens is 1. The highest BCUT2D eigenvalue weighted by atomic mass is 35.5. The van der Waals surface area contributed by atoms with Gasteiger partial charge in [0.15, 0.2) is 0 Å². The van der Waals surface area contributed by atoms with Crippen molar-refractivity contribution in [3.8, 4) is 11.5 Å². The molecular weight excluding hydrogens is 830 g/mol. The zero-order chi connectivity index (χ0) is 43.6. The second kappa shape index (κ2) is 18.1. The van der Waals surface area contributed by atoms with E-state index in [0.29, 0.717) is 24.6 Å². The standard InChI is InChI=1S/C46H52ClN7O7S/c1-30(31-14-22-60-23-15-31)50-41-11-9-38(26-42(41)54(56)57)62(58,59)51-45(55)39-10-8-36(25-43(39)61-37-24-33-13-17-48-44(33)49-28-37)53-20-18-52(19-21-53)29-34-12-16-46(2,3)27-40(34)32-4-6-35(47)7-5-32/h4-11,13,17,24-26,28,30-31,50H,12,14-16,18-23,27,29H2,1-3H3,(H,48,49)(H,51,55)/t30-/m0/s1. The predicted molar refractivity (Wildman–Crippen MR) is 242 cm³/mol. The molecule has 0 bridgehead atoms. The van der Waals surface area contributed by atoms with Crippen LogP contribution < -0.4 is 19.7 Å². The number of pyridine rings is 1. The van der Waals surface area contributed by atoms with Crippen molar-refractivity contribution in [3.05, 3.63) is 117 Å². The number of benzene rings is 3. The zero-order valence-electron chi connectivity index (χ0n) is 35.2. The average Bonchev–Trinajstić information content (AvgIpc) is 3.73. The van der Waals surface area contributed by atoms with E-state index < -0.39 is 31.4 Å². The number of halogens is 1. The highest BCUT2D eigenvalue weighted by Crippen LogP contribution is 2.43. The van der Waals surface area contributed by atoms with E-state index in [-0.39, 0.29) is 34.4 Å². The van der Waals surface area contributed by atoms with Crippen LogP contribution in [0.4, 0.5) is 17.1 Å². The van der Waals surface area contributed by atoms with Crippen LogP contribution in [0, 0.1) is 21.4 Å². The van der Waals surface area contributed by atoms with Gasteiger partial charge < -0.3 is 24.7 Å². The average molecular weight is 882 g/mol. The molecule has 1 aliphatic carbocycles. The normalized spacial score (nSPS) is 18.1. The molecular formula is C46H52ClN7O7S. The number of hydrogen-bond acceptors (Lipinski definition) is 11. The van der Waals surface area contributed by atoms with E-state index in [2.05, 4.69) is 55.8 Å². The van der Waals surface area contributed by atoms with Crippen molar-refractivity contribution in [3.63, 3.8) is 0 Å². The van der Waals surface area contributed by atoms with E-state index in [1.807, 2.05) is 25.1 Å². The van der Waals surface area contributed by atoms with E-state index >= 15 is 0 Å². The molecule has 0 saturated carbocycles. The lowest BCUT2D eigenvalue weighted by Gasteiger charge is -2.39. The van der Waals surface area contributed by atoms with E-state index in [9.17, 15) is 23.3 Å². The van der Waals surface area contributed by atoms with Gasteiger partial charge in [-0.15, -0.1) is 0 Å². The number of sulfonamides is 1. The van der Waals surface area contributed by atoms with Gasteiger partial charge in [0.05, 0.1) is 21.6 Å². The van der Waals surface area contributed by atoms with E-state index in [0.717, 1.165) is 87.0 Å². The molecule has 1 amide bonds. The summed E-state index contributed by atoms with van der Waals surface area (Å²) in [6, 6.07) is 20.3. The molecule has 14 nitrogen and oxygen atoms in total. The number of nitro benzene ring substituents is 1. The number of nitrogens with one attached hydrogen (secondary N) is 3. The summed E-state index contributed by atoms with van der Waals surface area (Å²) < 4.78 is 41.4. The van der Waals surface area contributed by atoms with Crippen molar-refractivity contribution in [2.24, 2.45) is 11.3 Å². The number of rotatable bonds is 13. The Bertz CT molecular complexity index is 2600. The van der Waals surface area contributed by atoms with Crippen molar-refractivity contribution in [1.29, 1.82) is 0 Å². The molecule has 16 heteroatoms. The van der Waals surface area contributed by atoms with E-state index in [1.165, 1.54) is 35.0 Å². The molecule has 0 radical (unpaired) electrons. The highest BCUT2D eigenvalue weighted by Gasteiger charge is 2.31. The number of hydrogen-bond donors (Lipinski definition) is 3. The smallest absolute Gasteiger partial charge is 0.293 e. The molecule has 3 aliphatic rings. The fraction of sp³-hybridized carbons (Fsp3) is 0.391. The Balaban J connectivity index is 1.01. The summed E-state index contributed by atoms with van der Waals surface area (Å²) in [6.07, 6.45) is 8.10. The van der Waals surface area contributed by atoms with Crippen molar-refractivity contribution >= 4 is 61.2 Å². The lowest BCUT2D eigenvalue weighted by atomic mass is 9.72. The van der Waals surface area contributed by atoms with Crippen molar-refractivity contribution in [2.75, 3.05) is 56.2 Å². The fourth-order valence-corrected chi connectivity index (χ4v) is 9.86. The van der Waals surface area contributed by atoms with Crippen molar-refractivity contribution < 1.29 is 27.6 Å². The molecule has 62 heavy (non-hydrogen) atoms. The molecule has 3 N–H and O–H groups in total. The maximum Gasteiger partial charge on any atom is 0.293 e. The Morgan fingerprint density at radius 3 is 2.55 bits per heavy atom. The number of piperazine rings is 1. The van der Waals surface area contributed by atoms with Gasteiger partial charge in [-0.2, -0.15) is 0 Å². The Morgan fingerprint density at radius 2 is 1.81 bits per heavy atom. The zero-order valence-corrected chi connectivity index (χ0v) is 36.7. The van der Waals surface area contributed by atoms with Gasteiger partial charge in [0.25, 0.3) is 21.6 Å².